The Labute approximate surface area is 264 Å². The van der Waals surface area contributed by atoms with Crippen molar-refractivity contribution in [2.75, 3.05) is 36.1 Å². The van der Waals surface area contributed by atoms with Crippen LogP contribution in [-0.2, 0) is 11.8 Å². The highest BCUT2D eigenvalue weighted by molar-refractivity contribution is 6.05. The number of anilines is 3. The summed E-state index contributed by atoms with van der Waals surface area (Å²) in [5.41, 5.74) is 9.05. The SMILES string of the molecule is COc1cccc(-n2c(=O)c(C(=O)Nc3ccc(-c4nc(-c5cncc(N6CC(C)OC(C)C6)n5)cnc4N)nc3)c(C)n2C)c1. The molecule has 1 saturated heterocycles. The minimum Gasteiger partial charge on any atom is -0.497 e. The van der Waals surface area contributed by atoms with E-state index < -0.39 is 11.5 Å². The highest BCUT2D eigenvalue weighted by Gasteiger charge is 2.25. The van der Waals surface area contributed by atoms with Crippen molar-refractivity contribution in [1.29, 1.82) is 0 Å². The van der Waals surface area contributed by atoms with E-state index in [9.17, 15) is 9.59 Å². The Morgan fingerprint density at radius 1 is 1.00 bits per heavy atom. The average molecular weight is 623 g/mol. The number of nitrogens with two attached hydrogens (primary N) is 1. The van der Waals surface area contributed by atoms with Gasteiger partial charge in [-0.25, -0.2) is 19.6 Å². The van der Waals surface area contributed by atoms with Crippen LogP contribution >= 0.6 is 0 Å². The van der Waals surface area contributed by atoms with Gasteiger partial charge in [-0.05, 0) is 45.0 Å². The minimum absolute atomic E-state index is 0.0153. The zero-order chi connectivity index (χ0) is 32.5. The number of nitrogens with zero attached hydrogens (tertiary/aromatic N) is 8. The average Bonchev–Trinajstić information content (AvgIpc) is 3.28. The molecule has 0 radical (unpaired) electrons. The van der Waals surface area contributed by atoms with E-state index in [-0.39, 0.29) is 23.6 Å². The Hall–Kier alpha value is -5.63. The summed E-state index contributed by atoms with van der Waals surface area (Å²) in [7, 11) is 3.27. The standard InChI is InChI=1S/C32H34N10O4/c1-18-16-41(17-19(2)46-18)27-15-34-13-25(38-27)26-14-36-30(33)29(39-26)24-10-9-21(12-35-24)37-31(43)28-20(3)40(4)42(32(28)44)22-7-6-8-23(11-22)45-5/h6-15,18-19H,16-17H2,1-5H3,(H2,33,36)(H,37,43). The molecule has 6 rings (SSSR count). The van der Waals surface area contributed by atoms with E-state index in [2.05, 4.69) is 25.2 Å². The van der Waals surface area contributed by atoms with Gasteiger partial charge in [0.25, 0.3) is 11.5 Å². The lowest BCUT2D eigenvalue weighted by Gasteiger charge is -2.35. The molecule has 2 unspecified atom stereocenters. The van der Waals surface area contributed by atoms with Crippen LogP contribution < -0.4 is 26.2 Å². The van der Waals surface area contributed by atoms with Crippen molar-refractivity contribution in [3.05, 3.63) is 82.8 Å². The number of nitrogen functional groups attached to an aromatic ring is 1. The summed E-state index contributed by atoms with van der Waals surface area (Å²) in [5.74, 6) is 0.945. The highest BCUT2D eigenvalue weighted by Crippen LogP contribution is 2.26. The van der Waals surface area contributed by atoms with Crippen LogP contribution in [0.2, 0.25) is 0 Å². The topological polar surface area (TPSA) is 168 Å². The number of benzene rings is 1. The molecule has 1 aromatic carbocycles. The van der Waals surface area contributed by atoms with Gasteiger partial charge < -0.3 is 25.4 Å². The Morgan fingerprint density at radius 3 is 2.48 bits per heavy atom. The molecule has 1 amide bonds. The molecule has 1 aliphatic rings. The predicted molar refractivity (Wildman–Crippen MR) is 173 cm³/mol. The summed E-state index contributed by atoms with van der Waals surface area (Å²) in [6.07, 6.45) is 6.52. The Bertz CT molecular complexity index is 1960. The van der Waals surface area contributed by atoms with Crippen molar-refractivity contribution in [3.63, 3.8) is 0 Å². The van der Waals surface area contributed by atoms with Crippen LogP contribution in [0.3, 0.4) is 0 Å². The van der Waals surface area contributed by atoms with Gasteiger partial charge in [0.15, 0.2) is 5.82 Å². The lowest BCUT2D eigenvalue weighted by Crippen LogP contribution is -2.45. The third kappa shape index (κ3) is 5.89. The molecule has 14 nitrogen and oxygen atoms in total. The van der Waals surface area contributed by atoms with Gasteiger partial charge in [-0.15, -0.1) is 0 Å². The molecule has 1 fully saturated rings. The van der Waals surface area contributed by atoms with Gasteiger partial charge in [0, 0.05) is 26.2 Å². The molecule has 0 bridgehead atoms. The lowest BCUT2D eigenvalue weighted by molar-refractivity contribution is -0.00547. The third-order valence-electron chi connectivity index (χ3n) is 7.77. The molecule has 5 aromatic rings. The van der Waals surface area contributed by atoms with Crippen molar-refractivity contribution in [1.82, 2.24) is 34.3 Å². The van der Waals surface area contributed by atoms with Crippen LogP contribution in [0.25, 0.3) is 28.5 Å². The van der Waals surface area contributed by atoms with E-state index in [1.165, 1.54) is 10.9 Å². The van der Waals surface area contributed by atoms with Crippen LogP contribution in [0.15, 0.2) is 66.0 Å². The van der Waals surface area contributed by atoms with E-state index in [1.54, 1.807) is 80.8 Å². The van der Waals surface area contributed by atoms with Gasteiger partial charge in [0.05, 0.1) is 66.9 Å². The number of ether oxygens (including phenoxy) is 2. The van der Waals surface area contributed by atoms with E-state index in [0.29, 0.717) is 58.7 Å². The van der Waals surface area contributed by atoms with E-state index in [1.807, 2.05) is 13.8 Å². The highest BCUT2D eigenvalue weighted by atomic mass is 16.5. The van der Waals surface area contributed by atoms with Crippen LogP contribution in [0.4, 0.5) is 17.3 Å². The molecular formula is C32H34N10O4. The van der Waals surface area contributed by atoms with Crippen LogP contribution in [0.5, 0.6) is 5.75 Å². The number of pyridine rings is 1. The molecule has 2 atom stereocenters. The maximum absolute atomic E-state index is 13.4. The third-order valence-corrected chi connectivity index (χ3v) is 7.77. The molecule has 0 saturated carbocycles. The molecule has 4 aromatic heterocycles. The van der Waals surface area contributed by atoms with Gasteiger partial charge in [-0.1, -0.05) is 6.07 Å². The number of morpholine rings is 1. The van der Waals surface area contributed by atoms with Crippen LogP contribution in [-0.4, -0.2) is 72.6 Å². The number of carbonyl (C=O) groups excluding carboxylic acids is 1. The Kier molecular flexibility index (Phi) is 8.19. The zero-order valence-electron chi connectivity index (χ0n) is 26.1. The van der Waals surface area contributed by atoms with E-state index >= 15 is 0 Å². The predicted octanol–water partition coefficient (Wildman–Crippen LogP) is 3.25. The number of amides is 1. The monoisotopic (exact) mass is 622 g/mol. The molecule has 236 valence electrons. The smallest absolute Gasteiger partial charge is 0.284 e. The second-order valence-corrected chi connectivity index (χ2v) is 11.1. The first-order valence-corrected chi connectivity index (χ1v) is 14.7. The van der Waals surface area contributed by atoms with Gasteiger partial charge in [-0.2, -0.15) is 0 Å². The van der Waals surface area contributed by atoms with Gasteiger partial charge >= 0.3 is 0 Å². The molecule has 46 heavy (non-hydrogen) atoms. The number of rotatable bonds is 7. The van der Waals surface area contributed by atoms with Crippen molar-refractivity contribution in [2.24, 2.45) is 7.05 Å². The molecule has 1 aliphatic heterocycles. The largest absolute Gasteiger partial charge is 0.497 e. The summed E-state index contributed by atoms with van der Waals surface area (Å²) >= 11 is 0. The number of methoxy groups -OCH3 is 1. The van der Waals surface area contributed by atoms with Crippen LogP contribution in [0, 0.1) is 6.92 Å². The first-order valence-electron chi connectivity index (χ1n) is 14.7. The second kappa shape index (κ2) is 12.4. The van der Waals surface area contributed by atoms with E-state index in [0.717, 1.165) is 5.82 Å². The lowest BCUT2D eigenvalue weighted by atomic mass is 10.2. The molecule has 3 N–H and O–H groups in total. The second-order valence-electron chi connectivity index (χ2n) is 11.1. The molecule has 0 aliphatic carbocycles. The summed E-state index contributed by atoms with van der Waals surface area (Å²) in [5, 5.41) is 2.78. The normalized spacial score (nSPS) is 16.3. The number of hydrogen-bond acceptors (Lipinski definition) is 11. The van der Waals surface area contributed by atoms with Gasteiger partial charge in [0.1, 0.15) is 34.2 Å². The molecule has 5 heterocycles. The Morgan fingerprint density at radius 2 is 1.76 bits per heavy atom. The van der Waals surface area contributed by atoms with Crippen molar-refractivity contribution in [3.8, 4) is 34.2 Å². The summed E-state index contributed by atoms with van der Waals surface area (Å²) in [6.45, 7) is 7.19. The summed E-state index contributed by atoms with van der Waals surface area (Å²) in [6, 6.07) is 10.4. The van der Waals surface area contributed by atoms with Crippen LogP contribution in [0.1, 0.15) is 29.9 Å². The summed E-state index contributed by atoms with van der Waals surface area (Å²) in [4.78, 5) is 51.5. The van der Waals surface area contributed by atoms with Crippen molar-refractivity contribution in [2.45, 2.75) is 33.0 Å². The zero-order valence-corrected chi connectivity index (χ0v) is 26.1. The number of nitrogens with one attached hydrogen (secondary N) is 1. The first-order chi connectivity index (χ1) is 22.1. The minimum atomic E-state index is -0.557. The number of hydrogen-bond donors (Lipinski definition) is 2. The first kappa shape index (κ1) is 30.4. The quantitative estimate of drug-likeness (QED) is 0.273. The van der Waals surface area contributed by atoms with Gasteiger partial charge in [0.2, 0.25) is 0 Å². The fourth-order valence-electron chi connectivity index (χ4n) is 5.51. The molecule has 0 spiro atoms. The van der Waals surface area contributed by atoms with E-state index in [4.69, 9.17) is 25.2 Å². The Balaban J connectivity index is 1.23. The fourth-order valence-corrected chi connectivity index (χ4v) is 5.51. The van der Waals surface area contributed by atoms with Crippen molar-refractivity contribution >= 4 is 23.2 Å². The molecular weight excluding hydrogens is 588 g/mol. The number of aromatic nitrogens is 7. The molecule has 14 heteroatoms. The number of carbonyl (C=O) groups is 1. The van der Waals surface area contributed by atoms with Gasteiger partial charge in [-0.3, -0.25) is 24.2 Å². The maximum atomic E-state index is 13.4. The maximum Gasteiger partial charge on any atom is 0.284 e. The fraction of sp³-hybridized carbons (Fsp3) is 0.281. The van der Waals surface area contributed by atoms with Crippen molar-refractivity contribution < 1.29 is 14.3 Å². The summed E-state index contributed by atoms with van der Waals surface area (Å²) < 4.78 is 14.2.